The van der Waals surface area contributed by atoms with Gasteiger partial charge in [-0.15, -0.1) is 5.10 Å². The lowest BCUT2D eigenvalue weighted by molar-refractivity contribution is -0.137. The molecule has 180 valence electrons. The lowest BCUT2D eigenvalue weighted by Gasteiger charge is -2.39. The van der Waals surface area contributed by atoms with Gasteiger partial charge in [0.2, 0.25) is 6.79 Å². The lowest BCUT2D eigenvalue weighted by atomic mass is 10.0. The standard InChI is InChI=1S/C23H19F3N6O3/c24-23(25,26)15-1-3-16(4-2-15)32(18-5-6-19-20(11-18)35-14-34-19)17-7-9-30(10-8-17)22(33)31-13-28-21(12-27)29-31/h1-6,11,13,17H,7-10,14H2. The van der Waals surface area contributed by atoms with Gasteiger partial charge >= 0.3 is 12.2 Å². The Morgan fingerprint density at radius 1 is 1.06 bits per heavy atom. The van der Waals surface area contributed by atoms with Crippen LogP contribution in [0.1, 0.15) is 24.2 Å². The van der Waals surface area contributed by atoms with Crippen LogP contribution in [0, 0.1) is 11.3 Å². The maximum Gasteiger partial charge on any atom is 0.416 e. The van der Waals surface area contributed by atoms with Crippen molar-refractivity contribution in [1.29, 1.82) is 5.26 Å². The van der Waals surface area contributed by atoms with Gasteiger partial charge in [-0.2, -0.15) is 23.1 Å². The number of likely N-dealkylation sites (tertiary alicyclic amines) is 1. The van der Waals surface area contributed by atoms with E-state index in [0.29, 0.717) is 43.1 Å². The smallest absolute Gasteiger partial charge is 0.416 e. The first-order chi connectivity index (χ1) is 16.8. The van der Waals surface area contributed by atoms with E-state index in [9.17, 15) is 18.0 Å². The number of piperidine rings is 1. The second-order valence-corrected chi connectivity index (χ2v) is 8.08. The summed E-state index contributed by atoms with van der Waals surface area (Å²) in [5, 5.41) is 12.7. The highest BCUT2D eigenvalue weighted by Gasteiger charge is 2.32. The number of ether oxygens (including phenoxy) is 2. The van der Waals surface area contributed by atoms with Crippen LogP contribution < -0.4 is 14.4 Å². The molecule has 0 spiro atoms. The second-order valence-electron chi connectivity index (χ2n) is 8.08. The van der Waals surface area contributed by atoms with E-state index in [1.165, 1.54) is 18.5 Å². The second kappa shape index (κ2) is 8.83. The number of nitriles is 1. The predicted molar refractivity (Wildman–Crippen MR) is 116 cm³/mol. The van der Waals surface area contributed by atoms with E-state index < -0.39 is 11.7 Å². The van der Waals surface area contributed by atoms with Gasteiger partial charge in [0.05, 0.1) is 5.56 Å². The molecule has 1 fully saturated rings. The lowest BCUT2D eigenvalue weighted by Crippen LogP contribution is -2.46. The van der Waals surface area contributed by atoms with Gasteiger partial charge in [-0.05, 0) is 49.2 Å². The minimum atomic E-state index is -4.43. The quantitative estimate of drug-likeness (QED) is 0.551. The Hall–Kier alpha value is -4.27. The number of hydrogen-bond acceptors (Lipinski definition) is 7. The van der Waals surface area contributed by atoms with Crippen molar-refractivity contribution in [3.63, 3.8) is 0 Å². The molecule has 2 aliphatic heterocycles. The van der Waals surface area contributed by atoms with Crippen molar-refractivity contribution in [1.82, 2.24) is 19.7 Å². The molecule has 3 heterocycles. The van der Waals surface area contributed by atoms with Crippen LogP contribution in [0.15, 0.2) is 48.8 Å². The van der Waals surface area contributed by atoms with E-state index >= 15 is 0 Å². The van der Waals surface area contributed by atoms with Gasteiger partial charge in [0.1, 0.15) is 12.4 Å². The molecule has 5 rings (SSSR count). The summed E-state index contributed by atoms with van der Waals surface area (Å²) < 4.78 is 51.3. The van der Waals surface area contributed by atoms with Crippen molar-refractivity contribution in [2.45, 2.75) is 25.1 Å². The highest BCUT2D eigenvalue weighted by Crippen LogP contribution is 2.40. The van der Waals surface area contributed by atoms with Crippen molar-refractivity contribution >= 4 is 17.4 Å². The molecular formula is C23H19F3N6O3. The van der Waals surface area contributed by atoms with E-state index in [2.05, 4.69) is 10.1 Å². The summed E-state index contributed by atoms with van der Waals surface area (Å²) in [4.78, 5) is 20.1. The molecule has 0 radical (unpaired) electrons. The molecule has 0 aliphatic carbocycles. The SMILES string of the molecule is N#Cc1ncn(C(=O)N2CCC(N(c3ccc(C(F)(F)F)cc3)c3ccc4c(c3)OCO4)CC2)n1. The Morgan fingerprint density at radius 3 is 2.40 bits per heavy atom. The van der Waals surface area contributed by atoms with Crippen LogP contribution in [-0.4, -0.2) is 51.6 Å². The predicted octanol–water partition coefficient (Wildman–Crippen LogP) is 4.17. The average molecular weight is 484 g/mol. The number of aromatic nitrogens is 3. The number of anilines is 2. The fourth-order valence-electron chi connectivity index (χ4n) is 4.28. The molecule has 0 unspecified atom stereocenters. The van der Waals surface area contributed by atoms with Crippen molar-refractivity contribution in [2.24, 2.45) is 0 Å². The Labute approximate surface area is 197 Å². The van der Waals surface area contributed by atoms with Crippen molar-refractivity contribution < 1.29 is 27.4 Å². The molecule has 0 atom stereocenters. The highest BCUT2D eigenvalue weighted by atomic mass is 19.4. The van der Waals surface area contributed by atoms with E-state index in [-0.39, 0.29) is 24.7 Å². The van der Waals surface area contributed by atoms with Crippen molar-refractivity contribution in [3.8, 4) is 17.6 Å². The highest BCUT2D eigenvalue weighted by molar-refractivity contribution is 5.76. The molecule has 12 heteroatoms. The number of alkyl halides is 3. The summed E-state index contributed by atoms with van der Waals surface area (Å²) in [6.07, 6.45) is -2.11. The van der Waals surface area contributed by atoms with Crippen LogP contribution in [0.2, 0.25) is 0 Å². The van der Waals surface area contributed by atoms with Crippen LogP contribution in [0.5, 0.6) is 11.5 Å². The molecule has 3 aromatic rings. The zero-order chi connectivity index (χ0) is 24.6. The van der Waals surface area contributed by atoms with E-state index in [0.717, 1.165) is 22.5 Å². The molecule has 2 aromatic carbocycles. The monoisotopic (exact) mass is 484 g/mol. The van der Waals surface area contributed by atoms with Crippen LogP contribution in [-0.2, 0) is 6.18 Å². The number of amides is 1. The molecule has 0 N–H and O–H groups in total. The Bertz CT molecular complexity index is 1280. The van der Waals surface area contributed by atoms with Crippen LogP contribution in [0.25, 0.3) is 0 Å². The number of carbonyl (C=O) groups is 1. The number of rotatable bonds is 3. The number of hydrogen-bond donors (Lipinski definition) is 0. The van der Waals surface area contributed by atoms with Gasteiger partial charge in [0.15, 0.2) is 11.5 Å². The molecule has 2 aliphatic rings. The molecule has 1 amide bonds. The molecule has 1 aromatic heterocycles. The molecule has 0 bridgehead atoms. The van der Waals surface area contributed by atoms with E-state index in [1.807, 2.05) is 11.0 Å². The summed E-state index contributed by atoms with van der Waals surface area (Å²) >= 11 is 0. The fraction of sp³-hybridized carbons (Fsp3) is 0.304. The summed E-state index contributed by atoms with van der Waals surface area (Å²) in [5.74, 6) is 1.07. The minimum Gasteiger partial charge on any atom is -0.454 e. The average Bonchev–Trinajstić information content (AvgIpc) is 3.53. The van der Waals surface area contributed by atoms with Gasteiger partial charge in [-0.1, -0.05) is 0 Å². The number of fused-ring (bicyclic) bond motifs is 1. The van der Waals surface area contributed by atoms with Gasteiger partial charge in [-0.25, -0.2) is 9.78 Å². The van der Waals surface area contributed by atoms with Crippen LogP contribution in [0.3, 0.4) is 0 Å². The Balaban J connectivity index is 1.39. The van der Waals surface area contributed by atoms with Crippen LogP contribution >= 0.6 is 0 Å². The number of carbonyl (C=O) groups excluding carboxylic acids is 1. The first-order valence-corrected chi connectivity index (χ1v) is 10.8. The third-order valence-corrected chi connectivity index (χ3v) is 6.00. The largest absolute Gasteiger partial charge is 0.454 e. The number of halogens is 3. The van der Waals surface area contributed by atoms with Crippen molar-refractivity contribution in [2.75, 3.05) is 24.8 Å². The summed E-state index contributed by atoms with van der Waals surface area (Å²) in [7, 11) is 0. The molecule has 9 nitrogen and oxygen atoms in total. The Morgan fingerprint density at radius 2 is 1.74 bits per heavy atom. The summed E-state index contributed by atoms with van der Waals surface area (Å²) in [6.45, 7) is 0.898. The third-order valence-electron chi connectivity index (χ3n) is 6.00. The Kier molecular flexibility index (Phi) is 5.68. The van der Waals surface area contributed by atoms with Crippen molar-refractivity contribution in [3.05, 3.63) is 60.2 Å². The molecule has 1 saturated heterocycles. The first-order valence-electron chi connectivity index (χ1n) is 10.8. The molecule has 35 heavy (non-hydrogen) atoms. The van der Waals surface area contributed by atoms with E-state index in [1.54, 1.807) is 23.1 Å². The van der Waals surface area contributed by atoms with Gasteiger partial charge < -0.3 is 19.3 Å². The summed E-state index contributed by atoms with van der Waals surface area (Å²) in [5.41, 5.74) is 0.613. The maximum atomic E-state index is 13.1. The number of benzene rings is 2. The molecule has 0 saturated carbocycles. The first kappa shape index (κ1) is 22.5. The normalized spacial score (nSPS) is 15.7. The number of nitrogens with zero attached hydrogens (tertiary/aromatic N) is 6. The zero-order valence-corrected chi connectivity index (χ0v) is 18.3. The maximum absolute atomic E-state index is 13.1. The van der Waals surface area contributed by atoms with Gasteiger partial charge in [0, 0.05) is 36.6 Å². The fourth-order valence-corrected chi connectivity index (χ4v) is 4.28. The topological polar surface area (TPSA) is 96.5 Å². The summed E-state index contributed by atoms with van der Waals surface area (Å²) in [6, 6.07) is 11.7. The van der Waals surface area contributed by atoms with Gasteiger partial charge in [-0.3, -0.25) is 0 Å². The third kappa shape index (κ3) is 4.44. The van der Waals surface area contributed by atoms with Crippen LogP contribution in [0.4, 0.5) is 29.3 Å². The zero-order valence-electron chi connectivity index (χ0n) is 18.3. The van der Waals surface area contributed by atoms with Gasteiger partial charge in [0.25, 0.3) is 5.82 Å². The van der Waals surface area contributed by atoms with E-state index in [4.69, 9.17) is 14.7 Å². The minimum absolute atomic E-state index is 0.0930. The molecular weight excluding hydrogens is 465 g/mol.